The number of rotatable bonds is 15. The number of aromatic amines is 1. The lowest BCUT2D eigenvalue weighted by Crippen LogP contribution is -2.62. The molecule has 5 rings (SSSR count). The Labute approximate surface area is 305 Å². The maximum atomic E-state index is 12.9. The van der Waals surface area contributed by atoms with Crippen LogP contribution in [0, 0.1) is 0 Å². The molecular weight excluding hydrogens is 720 g/mol. The Morgan fingerprint density at radius 2 is 1.80 bits per heavy atom. The number of H-pyrrole nitrogens is 1. The van der Waals surface area contributed by atoms with Crippen LogP contribution in [-0.4, -0.2) is 150 Å². The molecule has 5 unspecified atom stereocenters. The van der Waals surface area contributed by atoms with Crippen molar-refractivity contribution in [2.45, 2.75) is 87.2 Å². The minimum atomic E-state index is -1.62. The van der Waals surface area contributed by atoms with Crippen LogP contribution in [0.15, 0.2) is 35.3 Å². The van der Waals surface area contributed by atoms with Crippen molar-refractivity contribution in [3.05, 3.63) is 52.1 Å². The number of anilines is 2. The summed E-state index contributed by atoms with van der Waals surface area (Å²) in [4.78, 5) is 64.1. The van der Waals surface area contributed by atoms with Crippen molar-refractivity contribution in [1.82, 2.24) is 30.6 Å². The Morgan fingerprint density at radius 1 is 1.06 bits per heavy atom. The summed E-state index contributed by atoms with van der Waals surface area (Å²) >= 11 is 0. The average Bonchev–Trinajstić information content (AvgIpc) is 3.15. The normalized spacial score (nSPS) is 27.6. The van der Waals surface area contributed by atoms with Gasteiger partial charge in [0.2, 0.25) is 11.9 Å². The van der Waals surface area contributed by atoms with E-state index in [1.165, 1.54) is 25.4 Å². The molecule has 2 aliphatic heterocycles. The molecule has 22 nitrogen and oxygen atoms in total. The zero-order valence-electron chi connectivity index (χ0n) is 28.8. The molecule has 0 saturated carbocycles. The Morgan fingerprint density at radius 3 is 2.48 bits per heavy atom. The molecule has 54 heavy (non-hydrogen) atoms. The standard InChI is InChI=1S/C32H42N8O14/c1-51-30-24(46)23(45)25(19(12-41)53-30)54-31-22(44)18(42)8-16(52-31)11-35-20(43)7-6-17(29(49)50)38-27(47)13-2-4-14(5-3-13)34-9-15-10-36-26-21(37-15)28(48)40-32(33)39-26/h2-5,10,16-19,22-25,30-31,34,41-42,44-46H,6-9,11-12H2,1H3,(H,35,43)(H,38,47)(H,49,50)(H3,33,36,39,40,48)/t16?,17?,18-,19?,22?,23+,24?,25+,30-,31+/m0/s1. The lowest BCUT2D eigenvalue weighted by molar-refractivity contribution is -0.346. The van der Waals surface area contributed by atoms with Gasteiger partial charge >= 0.3 is 5.97 Å². The van der Waals surface area contributed by atoms with E-state index in [9.17, 15) is 49.8 Å². The number of benzene rings is 1. The van der Waals surface area contributed by atoms with Crippen molar-refractivity contribution in [3.8, 4) is 0 Å². The number of hydrogen-bond acceptors (Lipinski definition) is 18. The lowest BCUT2D eigenvalue weighted by atomic mass is 9.98. The third-order valence-electron chi connectivity index (χ3n) is 8.75. The zero-order chi connectivity index (χ0) is 39.1. The molecule has 2 fully saturated rings. The van der Waals surface area contributed by atoms with Gasteiger partial charge in [0, 0.05) is 37.7 Å². The zero-order valence-corrected chi connectivity index (χ0v) is 28.8. The van der Waals surface area contributed by atoms with Crippen LogP contribution in [0.25, 0.3) is 11.2 Å². The smallest absolute Gasteiger partial charge is 0.326 e. The summed E-state index contributed by atoms with van der Waals surface area (Å²) in [5.74, 6) is -2.74. The molecular formula is C32H42N8O14. The topological polar surface area (TPSA) is 343 Å². The third-order valence-corrected chi connectivity index (χ3v) is 8.75. The summed E-state index contributed by atoms with van der Waals surface area (Å²) < 4.78 is 21.7. The molecule has 0 aliphatic carbocycles. The molecule has 10 atom stereocenters. The van der Waals surface area contributed by atoms with Gasteiger partial charge in [-0.25, -0.2) is 14.8 Å². The molecule has 4 heterocycles. The minimum absolute atomic E-state index is 0.0226. The van der Waals surface area contributed by atoms with Gasteiger partial charge in [0.15, 0.2) is 23.7 Å². The number of carbonyl (C=O) groups is 3. The molecule has 1 aromatic carbocycles. The van der Waals surface area contributed by atoms with Crippen LogP contribution in [0.4, 0.5) is 11.6 Å². The lowest BCUT2D eigenvalue weighted by Gasteiger charge is -2.45. The molecule has 0 bridgehead atoms. The summed E-state index contributed by atoms with van der Waals surface area (Å²) in [7, 11) is 1.23. The van der Waals surface area contributed by atoms with E-state index in [1.54, 1.807) is 12.1 Å². The van der Waals surface area contributed by atoms with Gasteiger partial charge in [-0.15, -0.1) is 0 Å². The summed E-state index contributed by atoms with van der Waals surface area (Å²) in [5.41, 5.74) is 6.28. The van der Waals surface area contributed by atoms with E-state index in [2.05, 4.69) is 35.9 Å². The molecule has 22 heteroatoms. The van der Waals surface area contributed by atoms with Crippen LogP contribution in [0.2, 0.25) is 0 Å². The molecule has 294 valence electrons. The van der Waals surface area contributed by atoms with Crippen LogP contribution in [0.3, 0.4) is 0 Å². The third kappa shape index (κ3) is 9.79. The van der Waals surface area contributed by atoms with Gasteiger partial charge in [-0.1, -0.05) is 0 Å². The van der Waals surface area contributed by atoms with Gasteiger partial charge in [0.05, 0.1) is 37.3 Å². The first kappa shape index (κ1) is 40.3. The van der Waals surface area contributed by atoms with Crippen molar-refractivity contribution < 1.29 is 64.0 Å². The highest BCUT2D eigenvalue weighted by Crippen LogP contribution is 2.29. The van der Waals surface area contributed by atoms with Crippen molar-refractivity contribution in [2.75, 3.05) is 31.3 Å². The van der Waals surface area contributed by atoms with Crippen molar-refractivity contribution in [3.63, 3.8) is 0 Å². The van der Waals surface area contributed by atoms with Gasteiger partial charge in [0.1, 0.15) is 36.6 Å². The predicted molar refractivity (Wildman–Crippen MR) is 182 cm³/mol. The molecule has 3 aromatic rings. The van der Waals surface area contributed by atoms with Crippen molar-refractivity contribution in [2.24, 2.45) is 0 Å². The number of aliphatic carboxylic acids is 1. The Hall–Kier alpha value is -4.91. The SMILES string of the molecule is CO[C@H]1OC(CO)[C@@H](O[C@H]2OC(CNC(=O)CCC(NC(=O)c3ccc(NCc4cnc5nc(N)[nH]c(=O)c5n4)cc3)C(=O)O)C[C@H](O)C2O)[C@H](O)C1O. The molecule has 2 aromatic heterocycles. The maximum Gasteiger partial charge on any atom is 0.326 e. The second-order valence-corrected chi connectivity index (χ2v) is 12.6. The summed E-state index contributed by atoms with van der Waals surface area (Å²) in [5, 5.41) is 69.1. The van der Waals surface area contributed by atoms with Crippen LogP contribution in [-0.2, 0) is 35.1 Å². The Kier molecular flexibility index (Phi) is 13.4. The number of nitrogen functional groups attached to an aromatic ring is 1. The van der Waals surface area contributed by atoms with E-state index < -0.39 is 91.3 Å². The molecule has 0 radical (unpaired) electrons. The van der Waals surface area contributed by atoms with E-state index >= 15 is 0 Å². The van der Waals surface area contributed by atoms with Gasteiger partial charge < -0.3 is 71.3 Å². The second-order valence-electron chi connectivity index (χ2n) is 12.6. The first-order chi connectivity index (χ1) is 25.8. The highest BCUT2D eigenvalue weighted by molar-refractivity contribution is 5.97. The first-order valence-electron chi connectivity index (χ1n) is 16.8. The number of carboxylic acid groups (broad SMARTS) is 1. The summed E-state index contributed by atoms with van der Waals surface area (Å²) in [6, 6.07) is 4.67. The number of aliphatic hydroxyl groups is 5. The Balaban J connectivity index is 1.08. The summed E-state index contributed by atoms with van der Waals surface area (Å²) in [6.45, 7) is -0.658. The fourth-order valence-electron chi connectivity index (χ4n) is 5.81. The van der Waals surface area contributed by atoms with Crippen LogP contribution >= 0.6 is 0 Å². The number of hydrogen-bond donors (Lipinski definition) is 11. The van der Waals surface area contributed by atoms with Crippen molar-refractivity contribution >= 4 is 40.6 Å². The second kappa shape index (κ2) is 17.9. The van der Waals surface area contributed by atoms with Crippen molar-refractivity contribution in [1.29, 1.82) is 0 Å². The van der Waals surface area contributed by atoms with Gasteiger partial charge in [-0.2, -0.15) is 4.98 Å². The monoisotopic (exact) mass is 762 g/mol. The van der Waals surface area contributed by atoms with Crippen LogP contribution in [0.1, 0.15) is 35.3 Å². The first-order valence-corrected chi connectivity index (χ1v) is 16.8. The number of aliphatic hydroxyl groups excluding tert-OH is 5. The maximum absolute atomic E-state index is 12.9. The predicted octanol–water partition coefficient (Wildman–Crippen LogP) is -3.71. The molecule has 0 spiro atoms. The molecule has 2 amide bonds. The number of nitrogens with one attached hydrogen (secondary N) is 4. The van der Waals surface area contributed by atoms with Gasteiger partial charge in [-0.05, 0) is 30.7 Å². The largest absolute Gasteiger partial charge is 0.480 e. The van der Waals surface area contributed by atoms with E-state index in [0.717, 1.165) is 0 Å². The number of fused-ring (bicyclic) bond motifs is 1. The van der Waals surface area contributed by atoms with Gasteiger partial charge in [-0.3, -0.25) is 19.4 Å². The van der Waals surface area contributed by atoms with E-state index in [4.69, 9.17) is 24.7 Å². The Bertz CT molecular complexity index is 1830. The fraction of sp³-hybridized carbons (Fsp3) is 0.531. The molecule has 12 N–H and O–H groups in total. The summed E-state index contributed by atoms with van der Waals surface area (Å²) in [6.07, 6.45) is -11.7. The fourth-order valence-corrected chi connectivity index (χ4v) is 5.81. The molecule has 2 aliphatic rings. The highest BCUT2D eigenvalue weighted by atomic mass is 16.7. The number of methoxy groups -OCH3 is 1. The minimum Gasteiger partial charge on any atom is -0.480 e. The highest BCUT2D eigenvalue weighted by Gasteiger charge is 2.48. The van der Waals surface area contributed by atoms with Gasteiger partial charge in [0.25, 0.3) is 11.5 Å². The van der Waals surface area contributed by atoms with Crippen LogP contribution in [0.5, 0.6) is 0 Å². The van der Waals surface area contributed by atoms with E-state index in [0.29, 0.717) is 11.4 Å². The number of amides is 2. The molecule has 2 saturated heterocycles. The number of aromatic nitrogens is 4. The number of ether oxygens (including phenoxy) is 4. The number of carboxylic acids is 1. The van der Waals surface area contributed by atoms with Crippen LogP contribution < -0.4 is 27.2 Å². The number of carbonyl (C=O) groups excluding carboxylic acids is 2. The average molecular weight is 763 g/mol. The van der Waals surface area contributed by atoms with E-state index in [1.807, 2.05) is 0 Å². The van der Waals surface area contributed by atoms with E-state index in [-0.39, 0.29) is 55.0 Å². The number of nitrogens with zero attached hydrogens (tertiary/aromatic N) is 3. The quantitative estimate of drug-likeness (QED) is 0.0709. The number of nitrogens with two attached hydrogens (primary N) is 1.